The molecule has 3 nitrogen and oxygen atoms in total. The molecule has 0 aliphatic carbocycles. The van der Waals surface area contributed by atoms with Crippen molar-refractivity contribution in [3.05, 3.63) is 45.1 Å². The molecule has 0 radical (unpaired) electrons. The van der Waals surface area contributed by atoms with Crippen LogP contribution in [0.15, 0.2) is 28.7 Å². The van der Waals surface area contributed by atoms with E-state index in [2.05, 4.69) is 21.0 Å². The van der Waals surface area contributed by atoms with E-state index in [4.69, 9.17) is 11.6 Å². The number of halogens is 2. The van der Waals surface area contributed by atoms with Crippen LogP contribution in [-0.2, 0) is 13.0 Å². The molecule has 1 heterocycles. The van der Waals surface area contributed by atoms with Gasteiger partial charge >= 0.3 is 0 Å². The SMILES string of the molecule is CCc1nn(-c2cccc(Br)c2)c(Cl)c1CO. The molecular formula is C12H12BrClN2O. The molecule has 5 heteroatoms. The van der Waals surface area contributed by atoms with Gasteiger partial charge in [0.2, 0.25) is 0 Å². The molecule has 17 heavy (non-hydrogen) atoms. The zero-order valence-corrected chi connectivity index (χ0v) is 11.7. The largest absolute Gasteiger partial charge is 0.391 e. The summed E-state index contributed by atoms with van der Waals surface area (Å²) in [6.45, 7) is 1.90. The van der Waals surface area contributed by atoms with E-state index in [1.165, 1.54) is 0 Å². The van der Waals surface area contributed by atoms with Crippen LogP contribution >= 0.6 is 27.5 Å². The fourth-order valence-electron chi connectivity index (χ4n) is 1.69. The first kappa shape index (κ1) is 12.6. The maximum atomic E-state index is 9.30. The summed E-state index contributed by atoms with van der Waals surface area (Å²) in [6.07, 6.45) is 0.747. The summed E-state index contributed by atoms with van der Waals surface area (Å²) in [4.78, 5) is 0. The van der Waals surface area contributed by atoms with Crippen LogP contribution in [0.3, 0.4) is 0 Å². The van der Waals surface area contributed by atoms with E-state index in [0.29, 0.717) is 10.7 Å². The third-order valence-electron chi connectivity index (χ3n) is 2.55. The molecule has 0 aliphatic heterocycles. The van der Waals surface area contributed by atoms with Gasteiger partial charge in [0.05, 0.1) is 18.0 Å². The van der Waals surface area contributed by atoms with E-state index in [-0.39, 0.29) is 6.61 Å². The first-order valence-electron chi connectivity index (χ1n) is 5.30. The molecule has 0 bridgehead atoms. The second-order valence-electron chi connectivity index (χ2n) is 3.62. The molecular weight excluding hydrogens is 304 g/mol. The van der Waals surface area contributed by atoms with Crippen LogP contribution in [0, 0.1) is 0 Å². The normalized spacial score (nSPS) is 10.8. The molecule has 0 saturated heterocycles. The number of hydrogen-bond donors (Lipinski definition) is 1. The molecule has 0 amide bonds. The number of hydrogen-bond acceptors (Lipinski definition) is 2. The van der Waals surface area contributed by atoms with Gasteiger partial charge in [0.15, 0.2) is 0 Å². The van der Waals surface area contributed by atoms with Crippen molar-refractivity contribution < 1.29 is 5.11 Å². The Balaban J connectivity index is 2.56. The third kappa shape index (κ3) is 2.39. The van der Waals surface area contributed by atoms with Crippen LogP contribution in [0.25, 0.3) is 5.69 Å². The minimum absolute atomic E-state index is 0.0873. The molecule has 0 fully saturated rings. The van der Waals surface area contributed by atoms with Gasteiger partial charge in [0, 0.05) is 10.0 Å². The summed E-state index contributed by atoms with van der Waals surface area (Å²) in [7, 11) is 0. The molecule has 1 aromatic carbocycles. The van der Waals surface area contributed by atoms with Crippen molar-refractivity contribution in [1.82, 2.24) is 9.78 Å². The van der Waals surface area contributed by atoms with Gasteiger partial charge in [-0.15, -0.1) is 0 Å². The highest BCUT2D eigenvalue weighted by Gasteiger charge is 2.15. The van der Waals surface area contributed by atoms with Gasteiger partial charge in [-0.2, -0.15) is 5.10 Å². The Morgan fingerprint density at radius 1 is 1.47 bits per heavy atom. The van der Waals surface area contributed by atoms with Crippen LogP contribution in [0.1, 0.15) is 18.2 Å². The quantitative estimate of drug-likeness (QED) is 0.943. The summed E-state index contributed by atoms with van der Waals surface area (Å²) >= 11 is 9.63. The predicted molar refractivity (Wildman–Crippen MR) is 71.6 cm³/mol. The highest BCUT2D eigenvalue weighted by atomic mass is 79.9. The average molecular weight is 316 g/mol. The highest BCUT2D eigenvalue weighted by Crippen LogP contribution is 2.25. The van der Waals surface area contributed by atoms with Gasteiger partial charge in [0.25, 0.3) is 0 Å². The lowest BCUT2D eigenvalue weighted by molar-refractivity contribution is 0.281. The molecule has 0 aliphatic rings. The number of nitrogens with zero attached hydrogens (tertiary/aromatic N) is 2. The van der Waals surface area contributed by atoms with Crippen molar-refractivity contribution in [1.29, 1.82) is 0 Å². The van der Waals surface area contributed by atoms with Crippen molar-refractivity contribution in [3.8, 4) is 5.69 Å². The standard InChI is InChI=1S/C12H12BrClN2O/c1-2-11-10(7-17)12(14)16(15-11)9-5-3-4-8(13)6-9/h3-6,17H,2,7H2,1H3. The van der Waals surface area contributed by atoms with Crippen LogP contribution in [0.5, 0.6) is 0 Å². The molecule has 0 atom stereocenters. The van der Waals surface area contributed by atoms with Crippen LogP contribution in [-0.4, -0.2) is 14.9 Å². The Bertz CT molecular complexity index is 539. The molecule has 0 unspecified atom stereocenters. The number of aliphatic hydroxyl groups excluding tert-OH is 1. The Hall–Kier alpha value is -0.840. The number of aryl methyl sites for hydroxylation is 1. The molecule has 0 spiro atoms. The topological polar surface area (TPSA) is 38.0 Å². The van der Waals surface area contributed by atoms with E-state index in [1.807, 2.05) is 31.2 Å². The van der Waals surface area contributed by atoms with Gasteiger partial charge < -0.3 is 5.11 Å². The predicted octanol–water partition coefficient (Wildman–Crippen LogP) is 3.34. The Labute approximate surface area is 113 Å². The van der Waals surface area contributed by atoms with Gasteiger partial charge in [-0.05, 0) is 24.6 Å². The molecule has 90 valence electrons. The van der Waals surface area contributed by atoms with Crippen molar-refractivity contribution in [3.63, 3.8) is 0 Å². The van der Waals surface area contributed by atoms with Crippen molar-refractivity contribution >= 4 is 27.5 Å². The van der Waals surface area contributed by atoms with Crippen LogP contribution < -0.4 is 0 Å². The first-order valence-corrected chi connectivity index (χ1v) is 6.47. The molecule has 2 aromatic rings. The zero-order chi connectivity index (χ0) is 12.4. The fourth-order valence-corrected chi connectivity index (χ4v) is 2.38. The lowest BCUT2D eigenvalue weighted by Gasteiger charge is -2.03. The summed E-state index contributed by atoms with van der Waals surface area (Å²) in [5, 5.41) is 14.2. The lowest BCUT2D eigenvalue weighted by Crippen LogP contribution is -1.97. The lowest BCUT2D eigenvalue weighted by atomic mass is 10.2. The molecule has 1 aromatic heterocycles. The van der Waals surface area contributed by atoms with Crippen LogP contribution in [0.2, 0.25) is 5.15 Å². The van der Waals surface area contributed by atoms with Gasteiger partial charge in [0.1, 0.15) is 5.15 Å². The summed E-state index contributed by atoms with van der Waals surface area (Å²) < 4.78 is 2.61. The summed E-state index contributed by atoms with van der Waals surface area (Å²) in [5.74, 6) is 0. The number of benzene rings is 1. The number of aromatic nitrogens is 2. The van der Waals surface area contributed by atoms with Crippen LogP contribution in [0.4, 0.5) is 0 Å². The van der Waals surface area contributed by atoms with E-state index in [1.54, 1.807) is 4.68 Å². The summed E-state index contributed by atoms with van der Waals surface area (Å²) in [6, 6.07) is 7.71. The van der Waals surface area contributed by atoms with E-state index < -0.39 is 0 Å². The smallest absolute Gasteiger partial charge is 0.138 e. The van der Waals surface area contributed by atoms with Crippen molar-refractivity contribution in [2.24, 2.45) is 0 Å². The van der Waals surface area contributed by atoms with Crippen molar-refractivity contribution in [2.45, 2.75) is 20.0 Å². The van der Waals surface area contributed by atoms with E-state index >= 15 is 0 Å². The second-order valence-corrected chi connectivity index (χ2v) is 4.89. The minimum atomic E-state index is -0.0873. The summed E-state index contributed by atoms with van der Waals surface area (Å²) in [5.41, 5.74) is 2.41. The molecule has 2 rings (SSSR count). The van der Waals surface area contributed by atoms with Gasteiger partial charge in [-0.3, -0.25) is 0 Å². The monoisotopic (exact) mass is 314 g/mol. The average Bonchev–Trinajstić information content (AvgIpc) is 2.65. The maximum Gasteiger partial charge on any atom is 0.138 e. The minimum Gasteiger partial charge on any atom is -0.391 e. The zero-order valence-electron chi connectivity index (χ0n) is 9.32. The molecule has 0 saturated carbocycles. The second kappa shape index (κ2) is 5.21. The highest BCUT2D eigenvalue weighted by molar-refractivity contribution is 9.10. The van der Waals surface area contributed by atoms with Gasteiger partial charge in [-0.25, -0.2) is 4.68 Å². The number of aliphatic hydroxyl groups is 1. The Morgan fingerprint density at radius 2 is 2.24 bits per heavy atom. The van der Waals surface area contributed by atoms with E-state index in [9.17, 15) is 5.11 Å². The number of rotatable bonds is 3. The van der Waals surface area contributed by atoms with Gasteiger partial charge in [-0.1, -0.05) is 40.5 Å². The third-order valence-corrected chi connectivity index (χ3v) is 3.43. The molecule has 1 N–H and O–H groups in total. The van der Waals surface area contributed by atoms with Crippen molar-refractivity contribution in [2.75, 3.05) is 0 Å². The Morgan fingerprint density at radius 3 is 2.76 bits per heavy atom. The first-order chi connectivity index (χ1) is 8.17. The maximum absolute atomic E-state index is 9.30. The van der Waals surface area contributed by atoms with E-state index in [0.717, 1.165) is 22.3 Å². The fraction of sp³-hybridized carbons (Fsp3) is 0.250. The Kier molecular flexibility index (Phi) is 3.86.